The van der Waals surface area contributed by atoms with Gasteiger partial charge in [-0.2, -0.15) is 0 Å². The molecule has 0 heterocycles. The van der Waals surface area contributed by atoms with Gasteiger partial charge >= 0.3 is 12.2 Å². The third-order valence-corrected chi connectivity index (χ3v) is 3.68. The molecule has 0 saturated heterocycles. The quantitative estimate of drug-likeness (QED) is 0.658. The molecule has 2 rings (SSSR count). The molecule has 0 aromatic heterocycles. The number of carbonyl (C=O) groups excluding carboxylic acids is 2. The van der Waals surface area contributed by atoms with Gasteiger partial charge in [0.15, 0.2) is 0 Å². The lowest BCUT2D eigenvalue weighted by Crippen LogP contribution is -2.42. The van der Waals surface area contributed by atoms with E-state index in [1.165, 1.54) is 0 Å². The summed E-state index contributed by atoms with van der Waals surface area (Å²) in [6.07, 6.45) is -1.49. The van der Waals surface area contributed by atoms with Crippen LogP contribution in [0.2, 0.25) is 0 Å². The molecular weight excluding hydrogens is 346 g/mol. The van der Waals surface area contributed by atoms with Gasteiger partial charge < -0.3 is 20.5 Å². The van der Waals surface area contributed by atoms with E-state index in [2.05, 4.69) is 5.32 Å². The van der Waals surface area contributed by atoms with E-state index in [9.17, 15) is 9.59 Å². The molecule has 7 heteroatoms. The summed E-state index contributed by atoms with van der Waals surface area (Å²) in [7, 11) is 0. The highest BCUT2D eigenvalue weighted by molar-refractivity contribution is 5.87. The molecule has 0 radical (unpaired) electrons. The number of benzene rings is 2. The van der Waals surface area contributed by atoms with Crippen LogP contribution in [0.25, 0.3) is 0 Å². The van der Waals surface area contributed by atoms with Gasteiger partial charge in [0.2, 0.25) is 0 Å². The van der Waals surface area contributed by atoms with Crippen molar-refractivity contribution in [1.29, 1.82) is 0 Å². The fourth-order valence-corrected chi connectivity index (χ4v) is 2.27. The van der Waals surface area contributed by atoms with Crippen LogP contribution in [0.3, 0.4) is 0 Å². The molecule has 0 aliphatic carbocycles. The van der Waals surface area contributed by atoms with Gasteiger partial charge in [-0.25, -0.2) is 14.5 Å². The zero-order valence-corrected chi connectivity index (χ0v) is 15.2. The maximum absolute atomic E-state index is 12.4. The Morgan fingerprint density at radius 1 is 0.815 bits per heavy atom. The number of hydrogen-bond donors (Lipinski definition) is 2. The molecule has 0 atom stereocenters. The molecule has 0 unspecified atom stereocenters. The summed E-state index contributed by atoms with van der Waals surface area (Å²) in [6.45, 7) is 1.75. The van der Waals surface area contributed by atoms with Crippen molar-refractivity contribution in [3.63, 3.8) is 0 Å². The minimum Gasteiger partial charge on any atom is -0.444 e. The van der Waals surface area contributed by atoms with Gasteiger partial charge in [0.25, 0.3) is 0 Å². The Hall–Kier alpha value is -2.90. The Labute approximate surface area is 159 Å². The highest BCUT2D eigenvalue weighted by Crippen LogP contribution is 2.07. The summed E-state index contributed by atoms with van der Waals surface area (Å²) in [5, 5.41) is 3.04. The highest BCUT2D eigenvalue weighted by atomic mass is 16.6. The van der Waals surface area contributed by atoms with Crippen molar-refractivity contribution in [2.45, 2.75) is 13.2 Å². The molecule has 2 aromatic rings. The number of carbonyl (C=O) groups is 2. The van der Waals surface area contributed by atoms with Crippen LogP contribution in [0.4, 0.5) is 9.59 Å². The fourth-order valence-electron chi connectivity index (χ4n) is 2.27. The second-order valence-corrected chi connectivity index (χ2v) is 5.77. The Kier molecular flexibility index (Phi) is 8.82. The average Bonchev–Trinajstić information content (AvgIpc) is 2.72. The van der Waals surface area contributed by atoms with Crippen molar-refractivity contribution >= 4 is 12.2 Å². The third-order valence-electron chi connectivity index (χ3n) is 3.68. The molecule has 0 bridgehead atoms. The van der Waals surface area contributed by atoms with Crippen molar-refractivity contribution < 1.29 is 19.1 Å². The summed E-state index contributed by atoms with van der Waals surface area (Å²) in [5.41, 5.74) is 7.11. The number of nitrogens with two attached hydrogens (primary N) is 1. The molecule has 0 aliphatic rings. The summed E-state index contributed by atoms with van der Waals surface area (Å²) < 4.78 is 10.5. The Morgan fingerprint density at radius 3 is 1.74 bits per heavy atom. The number of ether oxygens (including phenoxy) is 2. The Balaban J connectivity index is 1.91. The van der Waals surface area contributed by atoms with Gasteiger partial charge in [0.1, 0.15) is 13.2 Å². The molecule has 0 aliphatic heterocycles. The second kappa shape index (κ2) is 11.7. The lowest BCUT2D eigenvalue weighted by atomic mass is 10.2. The molecule has 7 nitrogen and oxygen atoms in total. The monoisotopic (exact) mass is 371 g/mol. The van der Waals surface area contributed by atoms with Crippen LogP contribution in [0, 0.1) is 0 Å². The minimum absolute atomic E-state index is 0.0817. The molecule has 3 N–H and O–H groups in total. The summed E-state index contributed by atoms with van der Waals surface area (Å²) in [4.78, 5) is 25.7. The van der Waals surface area contributed by atoms with Crippen molar-refractivity contribution in [2.24, 2.45) is 5.73 Å². The van der Waals surface area contributed by atoms with E-state index in [1.54, 1.807) is 0 Å². The van der Waals surface area contributed by atoms with Crippen molar-refractivity contribution in [1.82, 2.24) is 10.2 Å². The first-order chi connectivity index (χ1) is 13.2. The van der Waals surface area contributed by atoms with Gasteiger partial charge in [-0.1, -0.05) is 60.7 Å². The normalized spacial score (nSPS) is 10.3. The Bertz CT molecular complexity index is 639. The van der Waals surface area contributed by atoms with Crippen molar-refractivity contribution in [3.8, 4) is 0 Å². The highest BCUT2D eigenvalue weighted by Gasteiger charge is 2.24. The lowest BCUT2D eigenvalue weighted by molar-refractivity contribution is 0.0701. The van der Waals surface area contributed by atoms with Crippen LogP contribution in [-0.4, -0.2) is 43.3 Å². The first-order valence-corrected chi connectivity index (χ1v) is 8.80. The predicted molar refractivity (Wildman–Crippen MR) is 102 cm³/mol. The molecular formula is C20H25N3O4. The standard InChI is InChI=1S/C20H25N3O4/c21-11-12-22-13-14-23(19(24)26-15-17-7-3-1-4-8-17)20(25)27-16-18-9-5-2-6-10-18/h1-10,22H,11-16,21H2. The number of imide groups is 1. The Morgan fingerprint density at radius 2 is 1.30 bits per heavy atom. The smallest absolute Gasteiger partial charge is 0.419 e. The van der Waals surface area contributed by atoms with Crippen LogP contribution in [0.5, 0.6) is 0 Å². The second-order valence-electron chi connectivity index (χ2n) is 5.77. The number of hydrogen-bond acceptors (Lipinski definition) is 6. The first-order valence-electron chi connectivity index (χ1n) is 8.80. The SMILES string of the molecule is NCCNCCN(C(=O)OCc1ccccc1)C(=O)OCc1ccccc1. The first kappa shape index (κ1) is 20.4. The fraction of sp³-hybridized carbons (Fsp3) is 0.300. The van der Waals surface area contributed by atoms with E-state index in [-0.39, 0.29) is 19.8 Å². The molecule has 0 fully saturated rings. The number of nitrogens with one attached hydrogen (secondary N) is 1. The molecule has 27 heavy (non-hydrogen) atoms. The number of amides is 2. The topological polar surface area (TPSA) is 93.9 Å². The molecule has 144 valence electrons. The summed E-state index contributed by atoms with van der Waals surface area (Å²) in [6, 6.07) is 18.5. The van der Waals surface area contributed by atoms with Crippen LogP contribution < -0.4 is 11.1 Å². The molecule has 2 amide bonds. The summed E-state index contributed by atoms with van der Waals surface area (Å²) >= 11 is 0. The van der Waals surface area contributed by atoms with Crippen molar-refractivity contribution in [2.75, 3.05) is 26.2 Å². The summed E-state index contributed by atoms with van der Waals surface area (Å²) in [5.74, 6) is 0. The van der Waals surface area contributed by atoms with E-state index < -0.39 is 12.2 Å². The van der Waals surface area contributed by atoms with Crippen LogP contribution in [0.15, 0.2) is 60.7 Å². The molecule has 0 spiro atoms. The third kappa shape index (κ3) is 7.47. The van der Waals surface area contributed by atoms with E-state index in [0.717, 1.165) is 16.0 Å². The van der Waals surface area contributed by atoms with Gasteiger partial charge in [-0.15, -0.1) is 0 Å². The van der Waals surface area contributed by atoms with Crippen LogP contribution in [-0.2, 0) is 22.7 Å². The van der Waals surface area contributed by atoms with Gasteiger partial charge in [-0.3, -0.25) is 0 Å². The van der Waals surface area contributed by atoms with Gasteiger partial charge in [-0.05, 0) is 11.1 Å². The average molecular weight is 371 g/mol. The number of rotatable bonds is 9. The van der Waals surface area contributed by atoms with Crippen LogP contribution in [0.1, 0.15) is 11.1 Å². The molecule has 0 saturated carbocycles. The van der Waals surface area contributed by atoms with E-state index in [1.807, 2.05) is 60.7 Å². The maximum atomic E-state index is 12.4. The number of nitrogens with zero attached hydrogens (tertiary/aromatic N) is 1. The van der Waals surface area contributed by atoms with Gasteiger partial charge in [0.05, 0.1) is 0 Å². The van der Waals surface area contributed by atoms with Gasteiger partial charge in [0, 0.05) is 26.2 Å². The predicted octanol–water partition coefficient (Wildman–Crippen LogP) is 2.51. The van der Waals surface area contributed by atoms with E-state index in [0.29, 0.717) is 19.6 Å². The zero-order valence-electron chi connectivity index (χ0n) is 15.2. The maximum Gasteiger partial charge on any atom is 0.419 e. The van der Waals surface area contributed by atoms with Crippen LogP contribution >= 0.6 is 0 Å². The van der Waals surface area contributed by atoms with E-state index in [4.69, 9.17) is 15.2 Å². The molecule has 2 aromatic carbocycles. The van der Waals surface area contributed by atoms with E-state index >= 15 is 0 Å². The largest absolute Gasteiger partial charge is 0.444 e. The zero-order chi connectivity index (χ0) is 19.3. The van der Waals surface area contributed by atoms with Crippen molar-refractivity contribution in [3.05, 3.63) is 71.8 Å². The minimum atomic E-state index is -0.744. The lowest BCUT2D eigenvalue weighted by Gasteiger charge is -2.20.